The maximum absolute atomic E-state index is 11.8. The smallest absolute Gasteiger partial charge is 0.319 e. The highest BCUT2D eigenvalue weighted by Gasteiger charge is 2.14. The van der Waals surface area contributed by atoms with Crippen LogP contribution in [0, 0.1) is 0 Å². The van der Waals surface area contributed by atoms with Crippen LogP contribution in [0.15, 0.2) is 18.2 Å². The Morgan fingerprint density at radius 2 is 2.11 bits per heavy atom. The molecule has 0 spiro atoms. The first kappa shape index (κ1) is 12.7. The number of urea groups is 1. The van der Waals surface area contributed by atoms with Gasteiger partial charge in [0, 0.05) is 23.5 Å². The highest BCUT2D eigenvalue weighted by atomic mass is 16.2. The molecule has 0 aromatic heterocycles. The molecule has 0 aliphatic carbocycles. The number of nitrogens with one attached hydrogen (secondary N) is 3. The number of benzene rings is 1. The zero-order valence-corrected chi connectivity index (χ0v) is 11.3. The first-order valence-corrected chi connectivity index (χ1v) is 6.40. The van der Waals surface area contributed by atoms with Crippen LogP contribution >= 0.6 is 0 Å². The van der Waals surface area contributed by atoms with Crippen LogP contribution in [0.25, 0.3) is 0 Å². The number of hydrogen-bond acceptors (Lipinski definition) is 2. The van der Waals surface area contributed by atoms with Crippen molar-refractivity contribution in [3.8, 4) is 0 Å². The minimum absolute atomic E-state index is 0.168. The van der Waals surface area contributed by atoms with Gasteiger partial charge in [0.25, 0.3) is 0 Å². The second-order valence-electron chi connectivity index (χ2n) is 5.73. The van der Waals surface area contributed by atoms with Crippen LogP contribution in [0.4, 0.5) is 16.2 Å². The molecular formula is C14H21N3O. The summed E-state index contributed by atoms with van der Waals surface area (Å²) in [6, 6.07) is 5.86. The molecule has 98 valence electrons. The Balaban J connectivity index is 2.04. The number of amides is 2. The molecule has 0 saturated heterocycles. The van der Waals surface area contributed by atoms with Gasteiger partial charge in [-0.25, -0.2) is 4.79 Å². The van der Waals surface area contributed by atoms with Crippen LogP contribution in [0.3, 0.4) is 0 Å². The van der Waals surface area contributed by atoms with Crippen molar-refractivity contribution in [2.24, 2.45) is 0 Å². The summed E-state index contributed by atoms with van der Waals surface area (Å²) in [5, 5.41) is 9.09. The van der Waals surface area contributed by atoms with Crippen molar-refractivity contribution in [3.63, 3.8) is 0 Å². The third-order valence-corrected chi connectivity index (χ3v) is 2.79. The third-order valence-electron chi connectivity index (χ3n) is 2.79. The van der Waals surface area contributed by atoms with Crippen molar-refractivity contribution in [2.45, 2.75) is 39.2 Å². The molecular weight excluding hydrogens is 226 g/mol. The largest absolute Gasteiger partial charge is 0.385 e. The fourth-order valence-corrected chi connectivity index (χ4v) is 2.04. The summed E-state index contributed by atoms with van der Waals surface area (Å²) < 4.78 is 0. The molecule has 3 N–H and O–H groups in total. The lowest BCUT2D eigenvalue weighted by Gasteiger charge is -2.22. The van der Waals surface area contributed by atoms with Gasteiger partial charge in [0.15, 0.2) is 0 Å². The Kier molecular flexibility index (Phi) is 3.45. The topological polar surface area (TPSA) is 53.2 Å². The molecule has 2 rings (SSSR count). The van der Waals surface area contributed by atoms with Crippen molar-refractivity contribution in [1.82, 2.24) is 5.32 Å². The van der Waals surface area contributed by atoms with Crippen LogP contribution in [0.2, 0.25) is 0 Å². The molecule has 0 fully saturated rings. The van der Waals surface area contributed by atoms with Gasteiger partial charge in [-0.1, -0.05) is 6.07 Å². The van der Waals surface area contributed by atoms with E-state index in [9.17, 15) is 4.79 Å². The lowest BCUT2D eigenvalue weighted by Crippen LogP contribution is -2.43. The van der Waals surface area contributed by atoms with Gasteiger partial charge in [-0.05, 0) is 51.3 Å². The number of fused-ring (bicyclic) bond motifs is 1. The Labute approximate surface area is 108 Å². The van der Waals surface area contributed by atoms with E-state index in [1.165, 1.54) is 12.0 Å². The lowest BCUT2D eigenvalue weighted by molar-refractivity contribution is 0.244. The van der Waals surface area contributed by atoms with Gasteiger partial charge in [0.2, 0.25) is 0 Å². The summed E-state index contributed by atoms with van der Waals surface area (Å²) in [5.41, 5.74) is 3.05. The van der Waals surface area contributed by atoms with Gasteiger partial charge in [-0.15, -0.1) is 0 Å². The molecule has 1 aliphatic rings. The van der Waals surface area contributed by atoms with Crippen molar-refractivity contribution in [2.75, 3.05) is 17.2 Å². The lowest BCUT2D eigenvalue weighted by atomic mass is 10.0. The molecule has 0 atom stereocenters. The summed E-state index contributed by atoms with van der Waals surface area (Å²) in [7, 11) is 0. The fraction of sp³-hybridized carbons (Fsp3) is 0.500. The Morgan fingerprint density at radius 1 is 1.33 bits per heavy atom. The zero-order valence-electron chi connectivity index (χ0n) is 11.3. The van der Waals surface area contributed by atoms with Gasteiger partial charge in [0.05, 0.1) is 0 Å². The van der Waals surface area contributed by atoms with E-state index in [0.29, 0.717) is 0 Å². The van der Waals surface area contributed by atoms with Crippen LogP contribution in [-0.4, -0.2) is 18.1 Å². The molecule has 2 amide bonds. The highest BCUT2D eigenvalue weighted by molar-refractivity contribution is 5.90. The van der Waals surface area contributed by atoms with E-state index >= 15 is 0 Å². The van der Waals surface area contributed by atoms with Crippen molar-refractivity contribution >= 4 is 17.4 Å². The molecule has 0 bridgehead atoms. The van der Waals surface area contributed by atoms with Crippen LogP contribution < -0.4 is 16.0 Å². The highest BCUT2D eigenvalue weighted by Crippen LogP contribution is 2.25. The predicted molar refractivity (Wildman–Crippen MR) is 75.2 cm³/mol. The molecule has 1 aliphatic heterocycles. The first-order chi connectivity index (χ1) is 8.44. The van der Waals surface area contributed by atoms with Crippen molar-refractivity contribution in [3.05, 3.63) is 23.8 Å². The average molecular weight is 247 g/mol. The average Bonchev–Trinajstić information content (AvgIpc) is 2.26. The Hall–Kier alpha value is -1.71. The van der Waals surface area contributed by atoms with Gasteiger partial charge in [-0.3, -0.25) is 0 Å². The molecule has 4 nitrogen and oxygen atoms in total. The van der Waals surface area contributed by atoms with Gasteiger partial charge in [-0.2, -0.15) is 0 Å². The van der Waals surface area contributed by atoms with Gasteiger partial charge in [0.1, 0.15) is 0 Å². The molecule has 1 aromatic carbocycles. The normalized spacial score (nSPS) is 14.4. The number of aryl methyl sites for hydroxylation is 1. The number of carbonyl (C=O) groups is 1. The van der Waals surface area contributed by atoms with E-state index in [0.717, 1.165) is 24.3 Å². The van der Waals surface area contributed by atoms with Gasteiger partial charge >= 0.3 is 6.03 Å². The first-order valence-electron chi connectivity index (χ1n) is 6.40. The molecule has 1 heterocycles. The predicted octanol–water partition coefficient (Wildman–Crippen LogP) is 2.96. The Bertz CT molecular complexity index is 449. The van der Waals surface area contributed by atoms with E-state index < -0.39 is 0 Å². The minimum Gasteiger partial charge on any atom is -0.385 e. The van der Waals surface area contributed by atoms with E-state index in [1.807, 2.05) is 32.9 Å². The maximum atomic E-state index is 11.8. The summed E-state index contributed by atoms with van der Waals surface area (Å²) >= 11 is 0. The Morgan fingerprint density at radius 3 is 2.83 bits per heavy atom. The minimum atomic E-state index is -0.226. The molecule has 1 aromatic rings. The van der Waals surface area contributed by atoms with E-state index in [4.69, 9.17) is 0 Å². The second-order valence-corrected chi connectivity index (χ2v) is 5.73. The SMILES string of the molecule is CC(C)(C)NC(=O)Nc1ccc2c(c1)NCCC2. The molecule has 0 saturated carbocycles. The zero-order chi connectivity index (χ0) is 13.2. The number of carbonyl (C=O) groups excluding carboxylic acids is 1. The molecule has 0 radical (unpaired) electrons. The van der Waals surface area contributed by atoms with E-state index in [-0.39, 0.29) is 11.6 Å². The summed E-state index contributed by atoms with van der Waals surface area (Å²) in [6.07, 6.45) is 2.28. The summed E-state index contributed by atoms with van der Waals surface area (Å²) in [6.45, 7) is 6.88. The summed E-state index contributed by atoms with van der Waals surface area (Å²) in [5.74, 6) is 0. The van der Waals surface area contributed by atoms with E-state index in [2.05, 4.69) is 22.0 Å². The standard InChI is InChI=1S/C14H21N3O/c1-14(2,3)17-13(18)16-11-7-6-10-5-4-8-15-12(10)9-11/h6-7,9,15H,4-5,8H2,1-3H3,(H2,16,17,18). The number of hydrogen-bond donors (Lipinski definition) is 3. The number of rotatable bonds is 1. The van der Waals surface area contributed by atoms with Crippen molar-refractivity contribution < 1.29 is 4.79 Å². The third kappa shape index (κ3) is 3.39. The monoisotopic (exact) mass is 247 g/mol. The maximum Gasteiger partial charge on any atom is 0.319 e. The van der Waals surface area contributed by atoms with Crippen LogP contribution in [-0.2, 0) is 6.42 Å². The second kappa shape index (κ2) is 4.88. The fourth-order valence-electron chi connectivity index (χ4n) is 2.04. The number of anilines is 2. The van der Waals surface area contributed by atoms with Crippen LogP contribution in [0.5, 0.6) is 0 Å². The quantitative estimate of drug-likeness (QED) is 0.714. The molecule has 0 unspecified atom stereocenters. The van der Waals surface area contributed by atoms with Crippen molar-refractivity contribution in [1.29, 1.82) is 0 Å². The van der Waals surface area contributed by atoms with E-state index in [1.54, 1.807) is 0 Å². The van der Waals surface area contributed by atoms with Crippen LogP contribution in [0.1, 0.15) is 32.8 Å². The molecule has 18 heavy (non-hydrogen) atoms. The summed E-state index contributed by atoms with van der Waals surface area (Å²) in [4.78, 5) is 11.8. The molecule has 4 heteroatoms. The van der Waals surface area contributed by atoms with Gasteiger partial charge < -0.3 is 16.0 Å².